The normalized spacial score (nSPS) is 14.2. The van der Waals surface area contributed by atoms with Crippen LogP contribution in [0.25, 0.3) is 0 Å². The fourth-order valence-corrected chi connectivity index (χ4v) is 3.51. The van der Waals surface area contributed by atoms with Gasteiger partial charge >= 0.3 is 0 Å². The lowest BCUT2D eigenvalue weighted by atomic mass is 10.1. The second-order valence-corrected chi connectivity index (χ2v) is 7.34. The molecule has 2 heterocycles. The van der Waals surface area contributed by atoms with Crippen molar-refractivity contribution in [2.75, 3.05) is 41.3 Å². The first-order valence-electron chi connectivity index (χ1n) is 9.87. The van der Waals surface area contributed by atoms with Crippen molar-refractivity contribution in [2.45, 2.75) is 20.4 Å². The highest BCUT2D eigenvalue weighted by Crippen LogP contribution is 2.20. The van der Waals surface area contributed by atoms with Crippen LogP contribution in [0.15, 0.2) is 60.7 Å². The third-order valence-electron chi connectivity index (χ3n) is 5.14. The predicted molar refractivity (Wildman–Crippen MR) is 116 cm³/mol. The minimum Gasteiger partial charge on any atom is -0.368 e. The molecule has 1 aromatic heterocycles. The fourth-order valence-electron chi connectivity index (χ4n) is 3.51. The van der Waals surface area contributed by atoms with E-state index in [-0.39, 0.29) is 0 Å². The summed E-state index contributed by atoms with van der Waals surface area (Å²) >= 11 is 0. The van der Waals surface area contributed by atoms with E-state index in [2.05, 4.69) is 87.7 Å². The second-order valence-electron chi connectivity index (χ2n) is 7.34. The average molecular weight is 374 g/mol. The van der Waals surface area contributed by atoms with Gasteiger partial charge in [-0.05, 0) is 31.5 Å². The van der Waals surface area contributed by atoms with Crippen LogP contribution in [-0.2, 0) is 6.54 Å². The molecule has 0 unspecified atom stereocenters. The standard InChI is InChI=1S/C23H27N5/c1-18-8-10-20(11-9-18)17-24-23-25-19(2)16-22(26-23)28-14-12-27(13-15-28)21-6-4-3-5-7-21/h3-11,16H,12-15,17H2,1-2H3,(H,24,25,26). The minimum absolute atomic E-state index is 0.695. The number of para-hydroxylation sites is 1. The highest BCUT2D eigenvalue weighted by molar-refractivity contribution is 5.50. The summed E-state index contributed by atoms with van der Waals surface area (Å²) in [5.74, 6) is 1.70. The number of anilines is 3. The Labute approximate surface area is 167 Å². The zero-order chi connectivity index (χ0) is 19.3. The van der Waals surface area contributed by atoms with Crippen molar-refractivity contribution in [3.05, 3.63) is 77.5 Å². The number of piperazine rings is 1. The molecule has 0 atom stereocenters. The van der Waals surface area contributed by atoms with E-state index >= 15 is 0 Å². The summed E-state index contributed by atoms with van der Waals surface area (Å²) in [7, 11) is 0. The van der Waals surface area contributed by atoms with E-state index < -0.39 is 0 Å². The molecule has 0 aliphatic carbocycles. The molecule has 3 aromatic rings. The van der Waals surface area contributed by atoms with E-state index in [4.69, 9.17) is 4.98 Å². The Bertz CT molecular complexity index is 900. The minimum atomic E-state index is 0.695. The van der Waals surface area contributed by atoms with E-state index in [9.17, 15) is 0 Å². The zero-order valence-electron chi connectivity index (χ0n) is 16.6. The number of rotatable bonds is 5. The third-order valence-corrected chi connectivity index (χ3v) is 5.14. The average Bonchev–Trinajstić information content (AvgIpc) is 2.74. The van der Waals surface area contributed by atoms with Gasteiger partial charge in [-0.15, -0.1) is 0 Å². The van der Waals surface area contributed by atoms with Crippen molar-refractivity contribution in [3.63, 3.8) is 0 Å². The predicted octanol–water partition coefficient (Wildman–Crippen LogP) is 4.03. The van der Waals surface area contributed by atoms with Crippen molar-refractivity contribution in [1.29, 1.82) is 0 Å². The number of benzene rings is 2. The van der Waals surface area contributed by atoms with Crippen LogP contribution in [0.1, 0.15) is 16.8 Å². The van der Waals surface area contributed by atoms with E-state index in [1.807, 2.05) is 6.92 Å². The van der Waals surface area contributed by atoms with Gasteiger partial charge in [0.05, 0.1) is 0 Å². The summed E-state index contributed by atoms with van der Waals surface area (Å²) in [6.45, 7) is 8.78. The van der Waals surface area contributed by atoms with Gasteiger partial charge < -0.3 is 15.1 Å². The number of hydrogen-bond donors (Lipinski definition) is 1. The molecule has 0 bridgehead atoms. The quantitative estimate of drug-likeness (QED) is 0.731. The van der Waals surface area contributed by atoms with Crippen LogP contribution in [0.5, 0.6) is 0 Å². The van der Waals surface area contributed by atoms with Crippen molar-refractivity contribution in [2.24, 2.45) is 0 Å². The molecule has 0 spiro atoms. The van der Waals surface area contributed by atoms with Gasteiger partial charge in [0, 0.05) is 50.2 Å². The molecule has 1 N–H and O–H groups in total. The van der Waals surface area contributed by atoms with E-state index in [0.717, 1.165) is 44.2 Å². The largest absolute Gasteiger partial charge is 0.368 e. The Morgan fingerprint density at radius 2 is 1.50 bits per heavy atom. The molecule has 0 radical (unpaired) electrons. The van der Waals surface area contributed by atoms with Crippen molar-refractivity contribution in [3.8, 4) is 0 Å². The maximum absolute atomic E-state index is 4.77. The SMILES string of the molecule is Cc1ccc(CNc2nc(C)cc(N3CCN(c4ccccc4)CC3)n2)cc1. The van der Waals surface area contributed by atoms with Crippen LogP contribution in [-0.4, -0.2) is 36.1 Å². The summed E-state index contributed by atoms with van der Waals surface area (Å²) in [6, 6.07) is 21.2. The molecule has 144 valence electrons. The highest BCUT2D eigenvalue weighted by Gasteiger charge is 2.19. The number of nitrogens with zero attached hydrogens (tertiary/aromatic N) is 4. The first-order chi connectivity index (χ1) is 13.7. The Morgan fingerprint density at radius 1 is 0.821 bits per heavy atom. The zero-order valence-corrected chi connectivity index (χ0v) is 16.6. The van der Waals surface area contributed by atoms with Crippen LogP contribution < -0.4 is 15.1 Å². The molecule has 28 heavy (non-hydrogen) atoms. The fraction of sp³-hybridized carbons (Fsp3) is 0.304. The molecule has 0 amide bonds. The van der Waals surface area contributed by atoms with Crippen LogP contribution in [0.3, 0.4) is 0 Å². The Balaban J connectivity index is 1.40. The Hall–Kier alpha value is -3.08. The first kappa shape index (κ1) is 18.3. The molecule has 1 saturated heterocycles. The Morgan fingerprint density at radius 3 is 2.21 bits per heavy atom. The lowest BCUT2D eigenvalue weighted by Gasteiger charge is -2.36. The van der Waals surface area contributed by atoms with Gasteiger partial charge in [-0.1, -0.05) is 48.0 Å². The van der Waals surface area contributed by atoms with Crippen LogP contribution >= 0.6 is 0 Å². The Kier molecular flexibility index (Phi) is 5.42. The van der Waals surface area contributed by atoms with Crippen molar-refractivity contribution >= 4 is 17.5 Å². The maximum atomic E-state index is 4.77. The van der Waals surface area contributed by atoms with Crippen LogP contribution in [0.2, 0.25) is 0 Å². The van der Waals surface area contributed by atoms with Crippen LogP contribution in [0.4, 0.5) is 17.5 Å². The molecule has 2 aromatic carbocycles. The number of nitrogens with one attached hydrogen (secondary N) is 1. The summed E-state index contributed by atoms with van der Waals surface area (Å²) in [5.41, 5.74) is 4.78. The van der Waals surface area contributed by atoms with E-state index in [0.29, 0.717) is 5.95 Å². The van der Waals surface area contributed by atoms with Gasteiger partial charge in [0.1, 0.15) is 5.82 Å². The summed E-state index contributed by atoms with van der Waals surface area (Å²) < 4.78 is 0. The molecule has 5 heteroatoms. The van der Waals surface area contributed by atoms with E-state index in [1.165, 1.54) is 16.8 Å². The number of hydrogen-bond acceptors (Lipinski definition) is 5. The number of aryl methyl sites for hydroxylation is 2. The lowest BCUT2D eigenvalue weighted by Crippen LogP contribution is -2.46. The third kappa shape index (κ3) is 4.42. The maximum Gasteiger partial charge on any atom is 0.225 e. The smallest absolute Gasteiger partial charge is 0.225 e. The van der Waals surface area contributed by atoms with E-state index in [1.54, 1.807) is 0 Å². The lowest BCUT2D eigenvalue weighted by molar-refractivity contribution is 0.646. The molecule has 4 rings (SSSR count). The summed E-state index contributed by atoms with van der Waals surface area (Å²) in [4.78, 5) is 14.1. The molecular weight excluding hydrogens is 346 g/mol. The highest BCUT2D eigenvalue weighted by atomic mass is 15.3. The van der Waals surface area contributed by atoms with Crippen LogP contribution in [0, 0.1) is 13.8 Å². The molecule has 1 aliphatic rings. The van der Waals surface area contributed by atoms with Gasteiger partial charge in [-0.2, -0.15) is 4.98 Å². The molecule has 1 aliphatic heterocycles. The van der Waals surface area contributed by atoms with Gasteiger partial charge in [-0.3, -0.25) is 0 Å². The summed E-state index contributed by atoms with van der Waals surface area (Å²) in [5, 5.41) is 3.38. The molecule has 5 nitrogen and oxygen atoms in total. The van der Waals surface area contributed by atoms with Crippen molar-refractivity contribution in [1.82, 2.24) is 9.97 Å². The second kappa shape index (κ2) is 8.30. The molecule has 0 saturated carbocycles. The topological polar surface area (TPSA) is 44.3 Å². The van der Waals surface area contributed by atoms with Gasteiger partial charge in [-0.25, -0.2) is 4.98 Å². The number of aromatic nitrogens is 2. The van der Waals surface area contributed by atoms with Crippen molar-refractivity contribution < 1.29 is 0 Å². The van der Waals surface area contributed by atoms with Gasteiger partial charge in [0.25, 0.3) is 0 Å². The summed E-state index contributed by atoms with van der Waals surface area (Å²) in [6.07, 6.45) is 0. The first-order valence-corrected chi connectivity index (χ1v) is 9.87. The molecule has 1 fully saturated rings. The monoisotopic (exact) mass is 373 g/mol. The van der Waals surface area contributed by atoms with Gasteiger partial charge in [0.15, 0.2) is 0 Å². The molecular formula is C23H27N5. The van der Waals surface area contributed by atoms with Gasteiger partial charge in [0.2, 0.25) is 5.95 Å².